The number of aryl methyl sites for hydroxylation is 1. The van der Waals surface area contributed by atoms with Crippen molar-refractivity contribution in [1.29, 1.82) is 0 Å². The van der Waals surface area contributed by atoms with Crippen LogP contribution in [0.5, 0.6) is 0 Å². The quantitative estimate of drug-likeness (QED) is 0.159. The van der Waals surface area contributed by atoms with Crippen molar-refractivity contribution in [3.63, 3.8) is 0 Å². The van der Waals surface area contributed by atoms with E-state index < -0.39 is 0 Å². The van der Waals surface area contributed by atoms with Gasteiger partial charge in [-0.2, -0.15) is 10.2 Å². The Kier molecular flexibility index (Phi) is 6.04. The highest BCUT2D eigenvalue weighted by molar-refractivity contribution is 5.93. The van der Waals surface area contributed by atoms with Gasteiger partial charge in [0.1, 0.15) is 11.3 Å². The third-order valence-electron chi connectivity index (χ3n) is 5.52. The van der Waals surface area contributed by atoms with Gasteiger partial charge in [0.15, 0.2) is 0 Å². The molecule has 0 aliphatic rings. The molecule has 2 aromatic carbocycles. The largest absolute Gasteiger partial charge is 0.369 e. The van der Waals surface area contributed by atoms with Crippen molar-refractivity contribution in [2.24, 2.45) is 43.3 Å². The molecule has 0 saturated heterocycles. The van der Waals surface area contributed by atoms with Crippen LogP contribution in [-0.4, -0.2) is 43.1 Å². The summed E-state index contributed by atoms with van der Waals surface area (Å²) in [5.41, 5.74) is 28.2. The van der Waals surface area contributed by atoms with Gasteiger partial charge >= 0.3 is 0 Å². The van der Waals surface area contributed by atoms with Crippen molar-refractivity contribution in [3.05, 3.63) is 83.8 Å². The predicted octanol–water partition coefficient (Wildman–Crippen LogP) is 1.84. The van der Waals surface area contributed by atoms with Gasteiger partial charge in [0.25, 0.3) is 0 Å². The van der Waals surface area contributed by atoms with Crippen LogP contribution in [0.3, 0.4) is 0 Å². The number of guanidine groups is 2. The van der Waals surface area contributed by atoms with E-state index in [1.807, 2.05) is 82.6 Å². The molecule has 184 valence electrons. The van der Waals surface area contributed by atoms with Crippen LogP contribution in [0.2, 0.25) is 0 Å². The average molecular weight is 493 g/mol. The molecule has 8 N–H and O–H groups in total. The van der Waals surface area contributed by atoms with E-state index in [9.17, 15) is 0 Å². The first-order chi connectivity index (χ1) is 17.9. The first-order valence-electron chi connectivity index (χ1n) is 11.2. The minimum absolute atomic E-state index is 0.148. The number of rotatable bonds is 6. The molecular formula is C25H24N12. The van der Waals surface area contributed by atoms with Crippen LogP contribution in [0.1, 0.15) is 17.0 Å². The molecule has 37 heavy (non-hydrogen) atoms. The molecule has 0 unspecified atom stereocenters. The molecule has 12 heteroatoms. The Morgan fingerprint density at radius 2 is 1.32 bits per heavy atom. The Hall–Kier alpha value is -5.52. The van der Waals surface area contributed by atoms with Crippen molar-refractivity contribution in [3.8, 4) is 22.5 Å². The Morgan fingerprint density at radius 1 is 0.730 bits per heavy atom. The highest BCUT2D eigenvalue weighted by atomic mass is 15.3. The van der Waals surface area contributed by atoms with Crippen molar-refractivity contribution in [2.45, 2.75) is 6.92 Å². The van der Waals surface area contributed by atoms with Crippen molar-refractivity contribution in [1.82, 2.24) is 18.8 Å². The molecule has 0 fully saturated rings. The summed E-state index contributed by atoms with van der Waals surface area (Å²) < 4.78 is 3.76. The van der Waals surface area contributed by atoms with Gasteiger partial charge in [-0.3, -0.25) is 8.80 Å². The lowest BCUT2D eigenvalue weighted by atomic mass is 10.1. The first-order valence-corrected chi connectivity index (χ1v) is 11.2. The fourth-order valence-electron chi connectivity index (χ4n) is 3.93. The summed E-state index contributed by atoms with van der Waals surface area (Å²) in [5.74, 6) is 0.266. The fraction of sp³-hybridized carbons (Fsp3) is 0.0400. The Labute approximate surface area is 211 Å². The van der Waals surface area contributed by atoms with Gasteiger partial charge in [-0.1, -0.05) is 60.2 Å². The van der Waals surface area contributed by atoms with Crippen LogP contribution < -0.4 is 22.9 Å². The average Bonchev–Trinajstić information content (AvgIpc) is 3.43. The van der Waals surface area contributed by atoms with Gasteiger partial charge in [0.2, 0.25) is 17.7 Å². The lowest BCUT2D eigenvalue weighted by molar-refractivity contribution is 1.05. The fourth-order valence-corrected chi connectivity index (χ4v) is 3.93. The summed E-state index contributed by atoms with van der Waals surface area (Å²) in [7, 11) is 0. The summed E-state index contributed by atoms with van der Waals surface area (Å²) in [6.07, 6.45) is 4.98. The predicted molar refractivity (Wildman–Crippen MR) is 146 cm³/mol. The number of aromatic nitrogens is 4. The van der Waals surface area contributed by atoms with Gasteiger partial charge in [-0.25, -0.2) is 9.97 Å². The van der Waals surface area contributed by atoms with Crippen LogP contribution in [0, 0.1) is 6.92 Å². The van der Waals surface area contributed by atoms with Crippen molar-refractivity contribution >= 4 is 35.8 Å². The summed E-state index contributed by atoms with van der Waals surface area (Å²) in [6, 6.07) is 19.7. The Bertz CT molecular complexity index is 1700. The lowest BCUT2D eigenvalue weighted by Gasteiger charge is -2.02. The van der Waals surface area contributed by atoms with Gasteiger partial charge in [-0.05, 0) is 13.0 Å². The van der Waals surface area contributed by atoms with Gasteiger partial charge in [0.05, 0.1) is 29.5 Å². The highest BCUT2D eigenvalue weighted by Gasteiger charge is 2.20. The summed E-state index contributed by atoms with van der Waals surface area (Å²) >= 11 is 0. The van der Waals surface area contributed by atoms with E-state index in [1.54, 1.807) is 12.4 Å². The van der Waals surface area contributed by atoms with Gasteiger partial charge < -0.3 is 22.9 Å². The summed E-state index contributed by atoms with van der Waals surface area (Å²) in [4.78, 5) is 9.84. The minimum atomic E-state index is -0.155. The molecule has 0 spiro atoms. The Balaban J connectivity index is 1.84. The maximum atomic E-state index is 5.48. The van der Waals surface area contributed by atoms with Crippen molar-refractivity contribution in [2.75, 3.05) is 0 Å². The monoisotopic (exact) mass is 492 g/mol. The molecule has 3 aromatic heterocycles. The molecule has 12 nitrogen and oxygen atoms in total. The number of hydrogen-bond donors (Lipinski definition) is 4. The zero-order chi connectivity index (χ0) is 25.9. The molecule has 0 aliphatic heterocycles. The summed E-state index contributed by atoms with van der Waals surface area (Å²) in [5, 5.41) is 15.6. The topological polar surface area (TPSA) is 188 Å². The molecule has 0 atom stereocenters. The molecule has 3 heterocycles. The molecule has 0 saturated carbocycles. The van der Waals surface area contributed by atoms with E-state index in [0.29, 0.717) is 34.2 Å². The minimum Gasteiger partial charge on any atom is -0.369 e. The molecule has 0 amide bonds. The zero-order valence-corrected chi connectivity index (χ0v) is 19.9. The molecule has 5 rings (SSSR count). The smallest absolute Gasteiger partial charge is 0.221 e. The van der Waals surface area contributed by atoms with Crippen LogP contribution in [0.15, 0.2) is 87.3 Å². The van der Waals surface area contributed by atoms with Crippen LogP contribution in [0.4, 0.5) is 0 Å². The third-order valence-corrected chi connectivity index (χ3v) is 5.52. The molecule has 0 bridgehead atoms. The van der Waals surface area contributed by atoms with E-state index >= 15 is 0 Å². The number of hydrogen-bond acceptors (Lipinski definition) is 6. The molecule has 5 aromatic rings. The third kappa shape index (κ3) is 4.58. The maximum Gasteiger partial charge on any atom is 0.221 e. The second-order valence-electron chi connectivity index (χ2n) is 8.14. The Morgan fingerprint density at radius 3 is 1.97 bits per heavy atom. The van der Waals surface area contributed by atoms with E-state index in [4.69, 9.17) is 32.9 Å². The molecule has 0 radical (unpaired) electrons. The van der Waals surface area contributed by atoms with Gasteiger partial charge in [-0.15, -0.1) is 10.2 Å². The summed E-state index contributed by atoms with van der Waals surface area (Å²) in [6.45, 7) is 2.02. The van der Waals surface area contributed by atoms with E-state index in [0.717, 1.165) is 16.7 Å². The molecule has 0 aliphatic carbocycles. The van der Waals surface area contributed by atoms with Crippen LogP contribution in [0.25, 0.3) is 33.9 Å². The highest BCUT2D eigenvalue weighted by Crippen LogP contribution is 2.28. The second kappa shape index (κ2) is 9.62. The van der Waals surface area contributed by atoms with E-state index in [-0.39, 0.29) is 11.9 Å². The lowest BCUT2D eigenvalue weighted by Crippen LogP contribution is -2.21. The van der Waals surface area contributed by atoms with Crippen LogP contribution in [-0.2, 0) is 0 Å². The van der Waals surface area contributed by atoms with E-state index in [1.165, 1.54) is 0 Å². The zero-order valence-electron chi connectivity index (χ0n) is 19.9. The number of benzene rings is 2. The molecular weight excluding hydrogens is 468 g/mol. The normalized spacial score (nSPS) is 11.6. The number of imidazole rings is 2. The maximum absolute atomic E-state index is 5.48. The number of nitrogens with zero attached hydrogens (tertiary/aromatic N) is 8. The number of nitrogens with two attached hydrogens (primary N) is 4. The SMILES string of the molecule is Cc1ccc(-c2nc3n(ccc4nc(-c5ccccc5)c(/C=N/N=C(N)N)n43)c2/C=N/N=C(N)N)cc1. The van der Waals surface area contributed by atoms with Crippen molar-refractivity contribution < 1.29 is 0 Å². The first kappa shape index (κ1) is 23.2. The van der Waals surface area contributed by atoms with E-state index in [2.05, 4.69) is 20.4 Å². The van der Waals surface area contributed by atoms with Crippen LogP contribution >= 0.6 is 0 Å². The van der Waals surface area contributed by atoms with Gasteiger partial charge in [0, 0.05) is 17.3 Å². The second-order valence-corrected chi connectivity index (χ2v) is 8.14. The standard InChI is InChI=1S/C25H24N12/c1-15-7-9-17(10-8-15)21-18(13-30-34-23(26)27)36-12-11-20-32-22(16-5-3-2-4-6-16)19(14-31-35-24(28)29)37(20)25(36)33-21/h2-14H,1H3,(H4,26,27,34)(H4,28,29,35)/b30-13+,31-14+. The number of fused-ring (bicyclic) bond motifs is 3.